The van der Waals surface area contributed by atoms with Crippen molar-refractivity contribution in [2.24, 2.45) is 0 Å². The number of aromatic carboxylic acids is 1. The first-order valence-corrected chi connectivity index (χ1v) is 7.66. The number of carbonyl (C=O) groups is 1. The number of carboxylic acids is 1. The minimum atomic E-state index is -3.92. The molecule has 2 rings (SSSR count). The molecular weight excluding hydrogens is 308 g/mol. The van der Waals surface area contributed by atoms with Gasteiger partial charge in [0.2, 0.25) is 15.8 Å². The highest BCUT2D eigenvalue weighted by Gasteiger charge is 2.23. The molecule has 2 heterocycles. The van der Waals surface area contributed by atoms with Crippen molar-refractivity contribution in [3.05, 3.63) is 38.3 Å². The molecule has 0 bridgehead atoms. The standard InChI is InChI=1S/C10H10N2O6S2/c1-5-8(2-7(18-5)9(13)14)20(16,17)11-3-6-4-19-10(15)12-6/h2,4,11H,3H2,1H3,(H,12,15)(H,13,14). The first kappa shape index (κ1) is 14.5. The molecule has 8 nitrogen and oxygen atoms in total. The van der Waals surface area contributed by atoms with Gasteiger partial charge in [-0.3, -0.25) is 4.79 Å². The average Bonchev–Trinajstić information content (AvgIpc) is 2.93. The van der Waals surface area contributed by atoms with Gasteiger partial charge < -0.3 is 14.5 Å². The highest BCUT2D eigenvalue weighted by molar-refractivity contribution is 7.89. The van der Waals surface area contributed by atoms with Crippen LogP contribution in [0.1, 0.15) is 22.0 Å². The van der Waals surface area contributed by atoms with E-state index in [2.05, 4.69) is 9.71 Å². The smallest absolute Gasteiger partial charge is 0.371 e. The molecule has 20 heavy (non-hydrogen) atoms. The second-order valence-electron chi connectivity index (χ2n) is 3.83. The molecule has 108 valence electrons. The summed E-state index contributed by atoms with van der Waals surface area (Å²) in [6, 6.07) is 0.941. The Morgan fingerprint density at radius 3 is 2.75 bits per heavy atom. The minimum Gasteiger partial charge on any atom is -0.475 e. The van der Waals surface area contributed by atoms with Crippen LogP contribution in [0.3, 0.4) is 0 Å². The topological polar surface area (TPSA) is 129 Å². The largest absolute Gasteiger partial charge is 0.475 e. The lowest BCUT2D eigenvalue weighted by atomic mass is 10.4. The fraction of sp³-hybridized carbons (Fsp3) is 0.200. The van der Waals surface area contributed by atoms with Gasteiger partial charge in [-0.05, 0) is 6.92 Å². The van der Waals surface area contributed by atoms with Crippen LogP contribution < -0.4 is 9.60 Å². The number of carboxylic acid groups (broad SMARTS) is 1. The van der Waals surface area contributed by atoms with Crippen molar-refractivity contribution in [1.29, 1.82) is 0 Å². The van der Waals surface area contributed by atoms with Gasteiger partial charge in [-0.15, -0.1) is 0 Å². The van der Waals surface area contributed by atoms with E-state index in [1.165, 1.54) is 12.3 Å². The second-order valence-corrected chi connectivity index (χ2v) is 6.41. The van der Waals surface area contributed by atoms with Crippen LogP contribution in [0.4, 0.5) is 0 Å². The molecule has 0 fully saturated rings. The SMILES string of the molecule is Cc1oc(C(=O)O)cc1S(=O)(=O)NCc1csc(=O)[nH]1. The zero-order valence-electron chi connectivity index (χ0n) is 10.2. The lowest BCUT2D eigenvalue weighted by Crippen LogP contribution is -2.24. The van der Waals surface area contributed by atoms with Crippen LogP contribution in [-0.2, 0) is 16.6 Å². The van der Waals surface area contributed by atoms with E-state index < -0.39 is 21.8 Å². The molecule has 10 heteroatoms. The molecule has 2 aromatic rings. The van der Waals surface area contributed by atoms with Crippen LogP contribution in [0.25, 0.3) is 0 Å². The highest BCUT2D eigenvalue weighted by atomic mass is 32.2. The van der Waals surface area contributed by atoms with Gasteiger partial charge in [0, 0.05) is 17.1 Å². The number of aryl methyl sites for hydroxylation is 1. The van der Waals surface area contributed by atoms with Crippen molar-refractivity contribution in [2.75, 3.05) is 0 Å². The van der Waals surface area contributed by atoms with E-state index in [4.69, 9.17) is 9.52 Å². The summed E-state index contributed by atoms with van der Waals surface area (Å²) in [4.78, 5) is 23.6. The maximum Gasteiger partial charge on any atom is 0.371 e. The van der Waals surface area contributed by atoms with Gasteiger partial charge in [-0.25, -0.2) is 17.9 Å². The Morgan fingerprint density at radius 2 is 2.25 bits per heavy atom. The maximum atomic E-state index is 12.0. The van der Waals surface area contributed by atoms with Crippen molar-refractivity contribution < 1.29 is 22.7 Å². The lowest BCUT2D eigenvalue weighted by molar-refractivity contribution is 0.0661. The van der Waals surface area contributed by atoms with Gasteiger partial charge in [-0.2, -0.15) is 0 Å². The zero-order valence-corrected chi connectivity index (χ0v) is 11.8. The summed E-state index contributed by atoms with van der Waals surface area (Å²) in [7, 11) is -3.92. The number of hydrogen-bond acceptors (Lipinski definition) is 6. The van der Waals surface area contributed by atoms with Gasteiger partial charge in [0.25, 0.3) is 0 Å². The first-order chi connectivity index (χ1) is 9.29. The van der Waals surface area contributed by atoms with E-state index in [0.29, 0.717) is 5.69 Å². The van der Waals surface area contributed by atoms with Gasteiger partial charge >= 0.3 is 10.8 Å². The second kappa shape index (κ2) is 5.23. The zero-order chi connectivity index (χ0) is 14.9. The number of furan rings is 1. The fourth-order valence-corrected chi connectivity index (χ4v) is 3.25. The highest BCUT2D eigenvalue weighted by Crippen LogP contribution is 2.20. The minimum absolute atomic E-state index is 0.0197. The number of H-pyrrole nitrogens is 1. The fourth-order valence-electron chi connectivity index (χ4n) is 1.49. The summed E-state index contributed by atoms with van der Waals surface area (Å²) in [5.41, 5.74) is 0.420. The molecule has 0 aliphatic heterocycles. The number of sulfonamides is 1. The number of hydrogen-bond donors (Lipinski definition) is 3. The Kier molecular flexibility index (Phi) is 3.79. The molecule has 0 aliphatic rings. The molecule has 0 saturated heterocycles. The Hall–Kier alpha value is -1.91. The molecule has 0 amide bonds. The van der Waals surface area contributed by atoms with Crippen molar-refractivity contribution in [3.63, 3.8) is 0 Å². The summed E-state index contributed by atoms with van der Waals surface area (Å²) in [6.07, 6.45) is 0. The van der Waals surface area contributed by atoms with Crippen molar-refractivity contribution in [2.45, 2.75) is 18.4 Å². The summed E-state index contributed by atoms with van der Waals surface area (Å²) in [6.45, 7) is 1.25. The van der Waals surface area contributed by atoms with Crippen LogP contribution in [0, 0.1) is 6.92 Å². The third-order valence-corrected chi connectivity index (χ3v) is 4.62. The molecule has 0 saturated carbocycles. The number of nitrogens with one attached hydrogen (secondary N) is 2. The van der Waals surface area contributed by atoms with E-state index in [1.54, 1.807) is 0 Å². The van der Waals surface area contributed by atoms with E-state index in [-0.39, 0.29) is 22.1 Å². The first-order valence-electron chi connectivity index (χ1n) is 5.29. The van der Waals surface area contributed by atoms with Gasteiger partial charge in [0.05, 0.1) is 6.54 Å². The third-order valence-electron chi connectivity index (χ3n) is 2.40. The van der Waals surface area contributed by atoms with Crippen LogP contribution in [-0.4, -0.2) is 24.5 Å². The van der Waals surface area contributed by atoms with Gasteiger partial charge in [-0.1, -0.05) is 11.3 Å². The molecule has 0 aromatic carbocycles. The Bertz CT molecular complexity index is 798. The number of aromatic nitrogens is 1. The van der Waals surface area contributed by atoms with E-state index in [9.17, 15) is 18.0 Å². The van der Waals surface area contributed by atoms with Crippen LogP contribution in [0.15, 0.2) is 25.6 Å². The summed E-state index contributed by atoms with van der Waals surface area (Å²) < 4.78 is 31.1. The quantitative estimate of drug-likeness (QED) is 0.736. The predicted molar refractivity (Wildman–Crippen MR) is 69.4 cm³/mol. The monoisotopic (exact) mass is 318 g/mol. The molecule has 2 aromatic heterocycles. The number of thiazole rings is 1. The van der Waals surface area contributed by atoms with E-state index in [1.807, 2.05) is 0 Å². The van der Waals surface area contributed by atoms with E-state index >= 15 is 0 Å². The molecule has 0 unspecified atom stereocenters. The Balaban J connectivity index is 2.22. The third kappa shape index (κ3) is 2.98. The predicted octanol–water partition coefficient (Wildman–Crippen LogP) is 0.515. The van der Waals surface area contributed by atoms with Crippen molar-refractivity contribution >= 4 is 27.3 Å². The summed E-state index contributed by atoms with van der Waals surface area (Å²) >= 11 is 0.920. The van der Waals surface area contributed by atoms with Gasteiger partial charge in [0.1, 0.15) is 10.7 Å². The molecule has 0 spiro atoms. The normalized spacial score (nSPS) is 11.7. The summed E-state index contributed by atoms with van der Waals surface area (Å²) in [5, 5.41) is 10.2. The van der Waals surface area contributed by atoms with E-state index in [0.717, 1.165) is 17.4 Å². The number of aromatic amines is 1. The van der Waals surface area contributed by atoms with Crippen LogP contribution in [0.5, 0.6) is 0 Å². The summed E-state index contributed by atoms with van der Waals surface area (Å²) in [5.74, 6) is -1.82. The maximum absolute atomic E-state index is 12.0. The number of rotatable bonds is 5. The van der Waals surface area contributed by atoms with Crippen LogP contribution >= 0.6 is 11.3 Å². The molecule has 0 radical (unpaired) electrons. The lowest BCUT2D eigenvalue weighted by Gasteiger charge is -2.03. The molecule has 0 aliphatic carbocycles. The van der Waals surface area contributed by atoms with Gasteiger partial charge in [0.15, 0.2) is 0 Å². The average molecular weight is 318 g/mol. The Morgan fingerprint density at radius 1 is 1.55 bits per heavy atom. The molecule has 0 atom stereocenters. The van der Waals surface area contributed by atoms with Crippen LogP contribution in [0.2, 0.25) is 0 Å². The molecular formula is C10H10N2O6S2. The Labute approximate surface area is 117 Å². The van der Waals surface area contributed by atoms with Crippen molar-refractivity contribution in [1.82, 2.24) is 9.71 Å². The van der Waals surface area contributed by atoms with Crippen molar-refractivity contribution in [3.8, 4) is 0 Å². The molecule has 3 N–H and O–H groups in total.